The number of imidazole rings is 1. The summed E-state index contributed by atoms with van der Waals surface area (Å²) < 4.78 is 57.3. The molecule has 4 aromatic rings. The van der Waals surface area contributed by atoms with E-state index < -0.39 is 29.3 Å². The van der Waals surface area contributed by atoms with Gasteiger partial charge < -0.3 is 16.8 Å². The Kier molecular flexibility index (Phi) is 4.65. The molecule has 11 heteroatoms. The first-order chi connectivity index (χ1) is 14.2. The molecule has 1 atom stereocenters. The smallest absolute Gasteiger partial charge is 0.155 e. The van der Waals surface area contributed by atoms with E-state index in [9.17, 15) is 17.6 Å². The maximum Gasteiger partial charge on any atom is 0.155 e. The Morgan fingerprint density at radius 3 is 2.30 bits per heavy atom. The zero-order valence-corrected chi connectivity index (χ0v) is 15.5. The van der Waals surface area contributed by atoms with Crippen LogP contribution in [0.15, 0.2) is 36.7 Å². The molecule has 0 bridgehead atoms. The van der Waals surface area contributed by atoms with Gasteiger partial charge in [0.25, 0.3) is 0 Å². The standard InChI is InChI=1S/C19H15F4N7/c1-8(28-18-15(24)17(25)26-7-27-18)19-29-16-13(23)5-11(22)6-14(16)30(19)12-3-9(20)2-10(21)4-12/h2-8H,24H2,1H3,(H3,25,26,27,28). The Morgan fingerprint density at radius 1 is 0.933 bits per heavy atom. The quantitative estimate of drug-likeness (QED) is 0.437. The molecule has 7 nitrogen and oxygen atoms in total. The molecular formula is C19H15F4N7. The van der Waals surface area contributed by atoms with Gasteiger partial charge in [-0.15, -0.1) is 0 Å². The summed E-state index contributed by atoms with van der Waals surface area (Å²) in [5.74, 6) is -3.13. The summed E-state index contributed by atoms with van der Waals surface area (Å²) in [4.78, 5) is 12.0. The van der Waals surface area contributed by atoms with E-state index in [0.717, 1.165) is 18.2 Å². The largest absolute Gasteiger partial charge is 0.393 e. The molecule has 1 unspecified atom stereocenters. The van der Waals surface area contributed by atoms with Gasteiger partial charge in [-0.3, -0.25) is 4.57 Å². The van der Waals surface area contributed by atoms with Crippen LogP contribution in [0.1, 0.15) is 18.8 Å². The molecular weight excluding hydrogens is 402 g/mol. The van der Waals surface area contributed by atoms with Crippen LogP contribution in [0.2, 0.25) is 0 Å². The van der Waals surface area contributed by atoms with Gasteiger partial charge in [-0.25, -0.2) is 32.5 Å². The number of nitrogens with zero attached hydrogens (tertiary/aromatic N) is 4. The molecule has 0 saturated heterocycles. The maximum absolute atomic E-state index is 14.4. The second-order valence-electron chi connectivity index (χ2n) is 6.58. The molecule has 0 aliphatic heterocycles. The third kappa shape index (κ3) is 3.34. The topological polar surface area (TPSA) is 108 Å². The first-order valence-electron chi connectivity index (χ1n) is 8.71. The molecule has 2 aromatic heterocycles. The van der Waals surface area contributed by atoms with Gasteiger partial charge in [-0.2, -0.15) is 0 Å². The minimum atomic E-state index is -0.917. The molecule has 4 rings (SSSR count). The second-order valence-corrected chi connectivity index (χ2v) is 6.58. The Balaban J connectivity index is 1.92. The number of hydrogen-bond acceptors (Lipinski definition) is 6. The van der Waals surface area contributed by atoms with Crippen molar-refractivity contribution >= 4 is 28.4 Å². The molecule has 0 radical (unpaired) electrons. The highest BCUT2D eigenvalue weighted by Gasteiger charge is 2.23. The van der Waals surface area contributed by atoms with Crippen molar-refractivity contribution in [2.75, 3.05) is 16.8 Å². The lowest BCUT2D eigenvalue weighted by Gasteiger charge is -2.18. The van der Waals surface area contributed by atoms with Gasteiger partial charge in [0.05, 0.1) is 17.2 Å². The summed E-state index contributed by atoms with van der Waals surface area (Å²) in [6.45, 7) is 1.64. The first-order valence-corrected chi connectivity index (χ1v) is 8.71. The lowest BCUT2D eigenvalue weighted by molar-refractivity contribution is 0.581. The van der Waals surface area contributed by atoms with Gasteiger partial charge >= 0.3 is 0 Å². The van der Waals surface area contributed by atoms with Crippen LogP contribution in [-0.4, -0.2) is 19.5 Å². The van der Waals surface area contributed by atoms with Crippen LogP contribution in [0.25, 0.3) is 16.7 Å². The molecule has 0 fully saturated rings. The number of hydrogen-bond donors (Lipinski definition) is 3. The van der Waals surface area contributed by atoms with E-state index >= 15 is 0 Å². The average molecular weight is 417 g/mol. The number of nitrogen functional groups attached to an aromatic ring is 2. The van der Waals surface area contributed by atoms with E-state index in [2.05, 4.69) is 20.3 Å². The Labute approximate surface area is 167 Å². The molecule has 2 heterocycles. The van der Waals surface area contributed by atoms with Crippen LogP contribution < -0.4 is 16.8 Å². The summed E-state index contributed by atoms with van der Waals surface area (Å²) in [5, 5.41) is 2.96. The highest BCUT2D eigenvalue weighted by molar-refractivity contribution is 5.79. The monoisotopic (exact) mass is 417 g/mol. The van der Waals surface area contributed by atoms with Gasteiger partial charge in [0, 0.05) is 18.2 Å². The number of anilines is 3. The van der Waals surface area contributed by atoms with Crippen molar-refractivity contribution in [1.82, 2.24) is 19.5 Å². The van der Waals surface area contributed by atoms with Crippen molar-refractivity contribution in [1.29, 1.82) is 0 Å². The number of nitrogens with two attached hydrogens (primary N) is 2. The van der Waals surface area contributed by atoms with Gasteiger partial charge in [0.2, 0.25) is 0 Å². The predicted molar refractivity (Wildman–Crippen MR) is 104 cm³/mol. The Hall–Kier alpha value is -3.89. The van der Waals surface area contributed by atoms with Crippen molar-refractivity contribution < 1.29 is 17.6 Å². The van der Waals surface area contributed by atoms with Crippen LogP contribution >= 0.6 is 0 Å². The van der Waals surface area contributed by atoms with E-state index in [1.165, 1.54) is 10.9 Å². The highest BCUT2D eigenvalue weighted by Crippen LogP contribution is 2.31. The normalized spacial score (nSPS) is 12.3. The zero-order valence-electron chi connectivity index (χ0n) is 15.5. The lowest BCUT2D eigenvalue weighted by Crippen LogP contribution is -2.16. The lowest BCUT2D eigenvalue weighted by atomic mass is 10.2. The molecule has 0 amide bonds. The highest BCUT2D eigenvalue weighted by atomic mass is 19.1. The SMILES string of the molecule is CC(Nc1ncnc(N)c1N)c1nc2c(F)cc(F)cc2n1-c1cc(F)cc(F)c1. The molecule has 154 valence electrons. The van der Waals surface area contributed by atoms with E-state index in [0.29, 0.717) is 12.1 Å². The molecule has 2 aromatic carbocycles. The molecule has 0 aliphatic carbocycles. The second kappa shape index (κ2) is 7.17. The molecule has 0 aliphatic rings. The van der Waals surface area contributed by atoms with Gasteiger partial charge in [-0.1, -0.05) is 0 Å². The Morgan fingerprint density at radius 2 is 1.60 bits per heavy atom. The van der Waals surface area contributed by atoms with Gasteiger partial charge in [0.15, 0.2) is 17.5 Å². The van der Waals surface area contributed by atoms with Gasteiger partial charge in [0.1, 0.15) is 40.8 Å². The fourth-order valence-electron chi connectivity index (χ4n) is 3.15. The van der Waals surface area contributed by atoms with Crippen LogP contribution in [-0.2, 0) is 0 Å². The number of benzene rings is 2. The van der Waals surface area contributed by atoms with Crippen molar-refractivity contribution in [3.63, 3.8) is 0 Å². The predicted octanol–water partition coefficient (Wildman–Crippen LogP) is 3.71. The summed E-state index contributed by atoms with van der Waals surface area (Å²) in [5.41, 5.74) is 11.5. The fourth-order valence-corrected chi connectivity index (χ4v) is 3.15. The fraction of sp³-hybridized carbons (Fsp3) is 0.105. The summed E-state index contributed by atoms with van der Waals surface area (Å²) in [6, 6.07) is 3.75. The zero-order chi connectivity index (χ0) is 21.6. The third-order valence-electron chi connectivity index (χ3n) is 4.47. The number of rotatable bonds is 4. The van der Waals surface area contributed by atoms with Crippen LogP contribution in [0.3, 0.4) is 0 Å². The summed E-state index contributed by atoms with van der Waals surface area (Å²) >= 11 is 0. The van der Waals surface area contributed by atoms with E-state index in [1.807, 2.05) is 0 Å². The number of fused-ring (bicyclic) bond motifs is 1. The molecule has 0 spiro atoms. The van der Waals surface area contributed by atoms with Crippen molar-refractivity contribution in [3.05, 3.63) is 65.8 Å². The average Bonchev–Trinajstić information content (AvgIpc) is 3.04. The Bertz CT molecular complexity index is 1250. The van der Waals surface area contributed by atoms with E-state index in [4.69, 9.17) is 11.5 Å². The van der Waals surface area contributed by atoms with Gasteiger partial charge in [-0.05, 0) is 19.1 Å². The van der Waals surface area contributed by atoms with Crippen LogP contribution in [0.5, 0.6) is 0 Å². The minimum Gasteiger partial charge on any atom is -0.393 e. The van der Waals surface area contributed by atoms with Crippen LogP contribution in [0, 0.1) is 23.3 Å². The number of nitrogens with one attached hydrogen (secondary N) is 1. The van der Waals surface area contributed by atoms with E-state index in [-0.39, 0.29) is 39.9 Å². The summed E-state index contributed by atoms with van der Waals surface area (Å²) in [7, 11) is 0. The third-order valence-corrected chi connectivity index (χ3v) is 4.47. The van der Waals surface area contributed by atoms with Crippen molar-refractivity contribution in [2.24, 2.45) is 0 Å². The first kappa shape index (κ1) is 19.4. The van der Waals surface area contributed by atoms with Crippen LogP contribution in [0.4, 0.5) is 34.9 Å². The molecule has 30 heavy (non-hydrogen) atoms. The number of halogens is 4. The molecule has 0 saturated carbocycles. The van der Waals surface area contributed by atoms with E-state index in [1.54, 1.807) is 6.92 Å². The minimum absolute atomic E-state index is 0.00109. The maximum atomic E-state index is 14.4. The number of aromatic nitrogens is 4. The van der Waals surface area contributed by atoms with Crippen molar-refractivity contribution in [2.45, 2.75) is 13.0 Å². The summed E-state index contributed by atoms with van der Waals surface area (Å²) in [6.07, 6.45) is 1.20. The van der Waals surface area contributed by atoms with Crippen molar-refractivity contribution in [3.8, 4) is 5.69 Å². The molecule has 5 N–H and O–H groups in total.